The summed E-state index contributed by atoms with van der Waals surface area (Å²) in [5.41, 5.74) is 0.871. The number of rotatable bonds is 18. The molecule has 1 amide bonds. The van der Waals surface area contributed by atoms with Crippen LogP contribution < -0.4 is 5.32 Å². The second-order valence-electron chi connectivity index (χ2n) is 8.08. The number of benzene rings is 1. The van der Waals surface area contributed by atoms with Crippen LogP contribution in [0.1, 0.15) is 96.0 Å². The Kier molecular flexibility index (Phi) is 14.9. The summed E-state index contributed by atoms with van der Waals surface area (Å²) < 4.78 is 5.16. The molecule has 0 fully saturated rings. The van der Waals surface area contributed by atoms with E-state index >= 15 is 0 Å². The Morgan fingerprint density at radius 3 is 2.03 bits per heavy atom. The highest BCUT2D eigenvalue weighted by Crippen LogP contribution is 2.11. The number of ether oxygens (including phenoxy) is 1. The molecule has 0 spiro atoms. The minimum Gasteiger partial charge on any atom is -0.480 e. The molecule has 0 aliphatic heterocycles. The molecule has 0 aliphatic carbocycles. The van der Waals surface area contributed by atoms with Gasteiger partial charge >= 0.3 is 11.9 Å². The van der Waals surface area contributed by atoms with Gasteiger partial charge in [0.25, 0.3) is 0 Å². The van der Waals surface area contributed by atoms with Gasteiger partial charge in [-0.1, -0.05) is 95.0 Å². The van der Waals surface area contributed by atoms with E-state index in [1.54, 1.807) is 0 Å². The number of nitrogens with one attached hydrogen (secondary N) is 1. The lowest BCUT2D eigenvalue weighted by molar-refractivity contribution is -0.146. The summed E-state index contributed by atoms with van der Waals surface area (Å²) >= 11 is 0. The van der Waals surface area contributed by atoms with Crippen LogP contribution in [0.3, 0.4) is 0 Å². The van der Waals surface area contributed by atoms with Crippen LogP contribution in [-0.2, 0) is 25.7 Å². The zero-order valence-electron chi connectivity index (χ0n) is 18.9. The first-order chi connectivity index (χ1) is 15.0. The van der Waals surface area contributed by atoms with E-state index in [4.69, 9.17) is 4.74 Å². The maximum absolute atomic E-state index is 12.1. The molecule has 0 aromatic heterocycles. The molecule has 1 rings (SSSR count). The highest BCUT2D eigenvalue weighted by Gasteiger charge is 2.21. The smallest absolute Gasteiger partial charge is 0.326 e. The van der Waals surface area contributed by atoms with E-state index in [0.29, 0.717) is 6.42 Å². The van der Waals surface area contributed by atoms with E-state index in [9.17, 15) is 19.5 Å². The van der Waals surface area contributed by atoms with Gasteiger partial charge in [-0.15, -0.1) is 0 Å². The third-order valence-corrected chi connectivity index (χ3v) is 5.27. The molecule has 0 saturated heterocycles. The SMILES string of the molecule is CCCCCCCCCCCCC(=O)N[C@@H](CCC(=O)OCc1ccccc1)C(=O)O. The quantitative estimate of drug-likeness (QED) is 0.239. The number of carbonyl (C=O) groups is 3. The molecule has 6 nitrogen and oxygen atoms in total. The lowest BCUT2D eigenvalue weighted by Crippen LogP contribution is -2.41. The molecule has 0 radical (unpaired) electrons. The summed E-state index contributed by atoms with van der Waals surface area (Å²) in [7, 11) is 0. The molecule has 6 heteroatoms. The fourth-order valence-corrected chi connectivity index (χ4v) is 3.37. The molecule has 174 valence electrons. The van der Waals surface area contributed by atoms with Crippen molar-refractivity contribution in [2.45, 2.75) is 103 Å². The molecule has 31 heavy (non-hydrogen) atoms. The van der Waals surface area contributed by atoms with E-state index in [0.717, 1.165) is 24.8 Å². The Labute approximate surface area is 186 Å². The van der Waals surface area contributed by atoms with Crippen LogP contribution in [0, 0.1) is 0 Å². The van der Waals surface area contributed by atoms with Gasteiger partial charge in [-0.3, -0.25) is 9.59 Å². The maximum Gasteiger partial charge on any atom is 0.326 e. The highest BCUT2D eigenvalue weighted by molar-refractivity contribution is 5.84. The monoisotopic (exact) mass is 433 g/mol. The predicted octanol–water partition coefficient (Wildman–Crippen LogP) is 5.39. The maximum atomic E-state index is 12.1. The second-order valence-corrected chi connectivity index (χ2v) is 8.08. The molecule has 1 aromatic carbocycles. The Bertz CT molecular complexity index is 632. The summed E-state index contributed by atoms with van der Waals surface area (Å²) in [4.78, 5) is 35.3. The number of carboxylic acid groups (broad SMARTS) is 1. The first-order valence-corrected chi connectivity index (χ1v) is 11.7. The molecular formula is C25H39NO5. The largest absolute Gasteiger partial charge is 0.480 e. The second kappa shape index (κ2) is 17.3. The lowest BCUT2D eigenvalue weighted by atomic mass is 10.1. The van der Waals surface area contributed by atoms with E-state index in [1.807, 2.05) is 30.3 Å². The van der Waals surface area contributed by atoms with E-state index in [2.05, 4.69) is 12.2 Å². The van der Waals surface area contributed by atoms with Crippen LogP contribution in [0.25, 0.3) is 0 Å². The van der Waals surface area contributed by atoms with Crippen molar-refractivity contribution in [3.8, 4) is 0 Å². The summed E-state index contributed by atoms with van der Waals surface area (Å²) in [6, 6.07) is 8.21. The van der Waals surface area contributed by atoms with Gasteiger partial charge in [-0.25, -0.2) is 4.79 Å². The average Bonchev–Trinajstić information content (AvgIpc) is 2.77. The minimum atomic E-state index is -1.13. The summed E-state index contributed by atoms with van der Waals surface area (Å²) in [6.07, 6.45) is 12.1. The van der Waals surface area contributed by atoms with Crippen LogP contribution in [0.2, 0.25) is 0 Å². The molecular weight excluding hydrogens is 394 g/mol. The first kappa shape index (κ1) is 26.7. The van der Waals surface area contributed by atoms with Crippen molar-refractivity contribution in [1.82, 2.24) is 5.32 Å². The molecule has 0 saturated carbocycles. The number of carbonyl (C=O) groups excluding carboxylic acids is 2. The van der Waals surface area contributed by atoms with Crippen LogP contribution >= 0.6 is 0 Å². The van der Waals surface area contributed by atoms with Crippen molar-refractivity contribution >= 4 is 17.8 Å². The molecule has 1 aromatic rings. The predicted molar refractivity (Wildman–Crippen MR) is 121 cm³/mol. The topological polar surface area (TPSA) is 92.7 Å². The van der Waals surface area contributed by atoms with Crippen molar-refractivity contribution in [2.75, 3.05) is 0 Å². The van der Waals surface area contributed by atoms with Crippen molar-refractivity contribution < 1.29 is 24.2 Å². The van der Waals surface area contributed by atoms with Crippen molar-refractivity contribution in [3.63, 3.8) is 0 Å². The summed E-state index contributed by atoms with van der Waals surface area (Å²) in [5.74, 6) is -1.88. The van der Waals surface area contributed by atoms with Crippen LogP contribution in [0.15, 0.2) is 30.3 Å². The minimum absolute atomic E-state index is 0.0206. The van der Waals surface area contributed by atoms with Gasteiger partial charge in [-0.2, -0.15) is 0 Å². The van der Waals surface area contributed by atoms with Gasteiger partial charge in [0.2, 0.25) is 5.91 Å². The third-order valence-electron chi connectivity index (χ3n) is 5.27. The normalized spacial score (nSPS) is 11.6. The van der Waals surface area contributed by atoms with E-state index in [1.165, 1.54) is 44.9 Å². The molecule has 0 bridgehead atoms. The van der Waals surface area contributed by atoms with E-state index in [-0.39, 0.29) is 25.4 Å². The highest BCUT2D eigenvalue weighted by atomic mass is 16.5. The van der Waals surface area contributed by atoms with Gasteiger partial charge in [0.15, 0.2) is 0 Å². The molecule has 2 N–H and O–H groups in total. The van der Waals surface area contributed by atoms with Gasteiger partial charge in [0.1, 0.15) is 12.6 Å². The average molecular weight is 434 g/mol. The number of aliphatic carboxylic acids is 1. The fourth-order valence-electron chi connectivity index (χ4n) is 3.37. The first-order valence-electron chi connectivity index (χ1n) is 11.7. The van der Waals surface area contributed by atoms with Crippen LogP contribution in [-0.4, -0.2) is 29.0 Å². The molecule has 0 aliphatic rings. The number of carboxylic acids is 1. The molecule has 0 unspecified atom stereocenters. The van der Waals surface area contributed by atoms with Crippen molar-refractivity contribution in [3.05, 3.63) is 35.9 Å². The van der Waals surface area contributed by atoms with E-state index < -0.39 is 18.0 Å². The number of esters is 1. The van der Waals surface area contributed by atoms with Crippen molar-refractivity contribution in [1.29, 1.82) is 0 Å². The Morgan fingerprint density at radius 2 is 1.45 bits per heavy atom. The Hall–Kier alpha value is -2.37. The third kappa shape index (κ3) is 14.3. The summed E-state index contributed by atoms with van der Waals surface area (Å²) in [5, 5.41) is 11.9. The molecule has 1 atom stereocenters. The number of hydrogen-bond donors (Lipinski definition) is 2. The van der Waals surface area contributed by atoms with Crippen molar-refractivity contribution in [2.24, 2.45) is 0 Å². The standard InChI is InChI=1S/C25H39NO5/c1-2-3-4-5-6-7-8-9-10-14-17-23(27)26-22(25(29)30)18-19-24(28)31-20-21-15-12-11-13-16-21/h11-13,15-16,22H,2-10,14,17-20H2,1H3,(H,26,27)(H,29,30)/t22-/m0/s1. The molecule has 0 heterocycles. The number of unbranched alkanes of at least 4 members (excludes halogenated alkanes) is 9. The number of hydrogen-bond acceptors (Lipinski definition) is 4. The van der Waals surface area contributed by atoms with Crippen LogP contribution in [0.5, 0.6) is 0 Å². The van der Waals surface area contributed by atoms with Crippen LogP contribution in [0.4, 0.5) is 0 Å². The van der Waals surface area contributed by atoms with Gasteiger partial charge in [0.05, 0.1) is 0 Å². The zero-order valence-corrected chi connectivity index (χ0v) is 18.9. The van der Waals surface area contributed by atoms with Gasteiger partial charge < -0.3 is 15.2 Å². The Morgan fingerprint density at radius 1 is 0.871 bits per heavy atom. The number of amides is 1. The lowest BCUT2D eigenvalue weighted by Gasteiger charge is -2.14. The van der Waals surface area contributed by atoms with Gasteiger partial charge in [0, 0.05) is 12.8 Å². The fraction of sp³-hybridized carbons (Fsp3) is 0.640. The van der Waals surface area contributed by atoms with Gasteiger partial charge in [-0.05, 0) is 18.4 Å². The summed E-state index contributed by atoms with van der Waals surface area (Å²) in [6.45, 7) is 2.37. The zero-order chi connectivity index (χ0) is 22.7. The Balaban J connectivity index is 2.13.